The summed E-state index contributed by atoms with van der Waals surface area (Å²) < 4.78 is 0. The Kier molecular flexibility index (Phi) is 3.25. The summed E-state index contributed by atoms with van der Waals surface area (Å²) in [6.07, 6.45) is 1.66. The molecule has 0 unspecified atom stereocenters. The molecule has 1 aromatic rings. The van der Waals surface area contributed by atoms with Crippen molar-refractivity contribution in [1.29, 1.82) is 0 Å². The Labute approximate surface area is 109 Å². The van der Waals surface area contributed by atoms with Crippen molar-refractivity contribution < 1.29 is 19.5 Å². The van der Waals surface area contributed by atoms with E-state index in [-0.39, 0.29) is 0 Å². The van der Waals surface area contributed by atoms with Crippen LogP contribution in [0.15, 0.2) is 24.3 Å². The maximum Gasteiger partial charge on any atom is 0.329 e. The standard InChI is InChI=1S/C13H14N2O4/c14-10(16)8-2-4-9(5-3-8)11(17)15-13(12(18)19)6-1-7-13/h2-5H,1,6-7H2,(H2,14,16)(H,15,17)(H,18,19). The van der Waals surface area contributed by atoms with Gasteiger partial charge in [-0.3, -0.25) is 9.59 Å². The summed E-state index contributed by atoms with van der Waals surface area (Å²) in [6.45, 7) is 0. The minimum Gasteiger partial charge on any atom is -0.480 e. The number of carbonyl (C=O) groups excluding carboxylic acids is 2. The average molecular weight is 262 g/mol. The molecule has 1 fully saturated rings. The number of nitrogens with one attached hydrogen (secondary N) is 1. The quantitative estimate of drug-likeness (QED) is 0.734. The highest BCUT2D eigenvalue weighted by Gasteiger charge is 2.45. The zero-order valence-corrected chi connectivity index (χ0v) is 10.2. The molecule has 1 aliphatic carbocycles. The van der Waals surface area contributed by atoms with E-state index in [4.69, 9.17) is 10.8 Å². The minimum absolute atomic E-state index is 0.299. The molecular weight excluding hydrogens is 248 g/mol. The fourth-order valence-electron chi connectivity index (χ4n) is 2.00. The fraction of sp³-hybridized carbons (Fsp3) is 0.308. The summed E-state index contributed by atoms with van der Waals surface area (Å²) in [5.41, 5.74) is 4.56. The normalized spacial score (nSPS) is 16.2. The molecule has 6 nitrogen and oxygen atoms in total. The number of aliphatic carboxylic acids is 1. The van der Waals surface area contributed by atoms with Gasteiger partial charge >= 0.3 is 5.97 Å². The zero-order valence-electron chi connectivity index (χ0n) is 10.2. The summed E-state index contributed by atoms with van der Waals surface area (Å²) in [7, 11) is 0. The van der Waals surface area contributed by atoms with Crippen LogP contribution in [0.25, 0.3) is 0 Å². The molecule has 19 heavy (non-hydrogen) atoms. The van der Waals surface area contributed by atoms with E-state index in [1.54, 1.807) is 0 Å². The second-order valence-corrected chi connectivity index (χ2v) is 4.64. The molecule has 0 saturated heterocycles. The first-order valence-electron chi connectivity index (χ1n) is 5.90. The highest BCUT2D eigenvalue weighted by Crippen LogP contribution is 2.32. The molecule has 100 valence electrons. The molecule has 0 aliphatic heterocycles. The van der Waals surface area contributed by atoms with Crippen LogP contribution in [-0.4, -0.2) is 28.4 Å². The molecule has 0 bridgehead atoms. The predicted octanol–water partition coefficient (Wildman–Crippen LogP) is 0.523. The van der Waals surface area contributed by atoms with E-state index in [1.165, 1.54) is 24.3 Å². The van der Waals surface area contributed by atoms with Crippen LogP contribution in [0.3, 0.4) is 0 Å². The van der Waals surface area contributed by atoms with Gasteiger partial charge < -0.3 is 16.2 Å². The van der Waals surface area contributed by atoms with Gasteiger partial charge in [-0.05, 0) is 43.5 Å². The Morgan fingerprint density at radius 1 is 1.11 bits per heavy atom. The number of hydrogen-bond donors (Lipinski definition) is 3. The molecule has 2 rings (SSSR count). The van der Waals surface area contributed by atoms with Crippen molar-refractivity contribution in [2.45, 2.75) is 24.8 Å². The van der Waals surface area contributed by atoms with Crippen molar-refractivity contribution in [3.05, 3.63) is 35.4 Å². The van der Waals surface area contributed by atoms with Crippen LogP contribution in [0.5, 0.6) is 0 Å². The Bertz CT molecular complexity index is 532. The number of carboxylic acids is 1. The number of carbonyl (C=O) groups is 3. The third-order valence-electron chi connectivity index (χ3n) is 3.40. The summed E-state index contributed by atoms with van der Waals surface area (Å²) in [6, 6.07) is 5.77. The van der Waals surface area contributed by atoms with E-state index in [9.17, 15) is 14.4 Å². The maximum atomic E-state index is 11.9. The van der Waals surface area contributed by atoms with Crippen molar-refractivity contribution in [3.8, 4) is 0 Å². The highest BCUT2D eigenvalue weighted by molar-refractivity contribution is 5.99. The third kappa shape index (κ3) is 2.42. The predicted molar refractivity (Wildman–Crippen MR) is 66.6 cm³/mol. The summed E-state index contributed by atoms with van der Waals surface area (Å²) >= 11 is 0. The average Bonchev–Trinajstić information content (AvgIpc) is 2.33. The van der Waals surface area contributed by atoms with Crippen molar-refractivity contribution in [2.24, 2.45) is 5.73 Å². The molecule has 1 aliphatic rings. The van der Waals surface area contributed by atoms with E-state index in [0.717, 1.165) is 6.42 Å². The molecule has 1 saturated carbocycles. The molecule has 0 spiro atoms. The highest BCUT2D eigenvalue weighted by atomic mass is 16.4. The zero-order chi connectivity index (χ0) is 14.0. The van der Waals surface area contributed by atoms with Crippen molar-refractivity contribution >= 4 is 17.8 Å². The number of hydrogen-bond acceptors (Lipinski definition) is 3. The molecule has 1 aromatic carbocycles. The van der Waals surface area contributed by atoms with E-state index in [0.29, 0.717) is 24.0 Å². The first-order valence-corrected chi connectivity index (χ1v) is 5.90. The van der Waals surface area contributed by atoms with Gasteiger partial charge in [-0.25, -0.2) is 4.79 Å². The van der Waals surface area contributed by atoms with E-state index in [1.807, 2.05) is 0 Å². The Morgan fingerprint density at radius 3 is 2.00 bits per heavy atom. The molecule has 0 aromatic heterocycles. The molecule has 0 heterocycles. The van der Waals surface area contributed by atoms with Gasteiger partial charge in [-0.2, -0.15) is 0 Å². The van der Waals surface area contributed by atoms with Gasteiger partial charge in [0.1, 0.15) is 5.54 Å². The van der Waals surface area contributed by atoms with Gasteiger partial charge in [-0.1, -0.05) is 0 Å². The smallest absolute Gasteiger partial charge is 0.329 e. The molecular formula is C13H14N2O4. The summed E-state index contributed by atoms with van der Waals surface area (Å²) in [5, 5.41) is 11.7. The van der Waals surface area contributed by atoms with Gasteiger partial charge in [0, 0.05) is 11.1 Å². The number of primary amides is 1. The first kappa shape index (κ1) is 13.1. The molecule has 4 N–H and O–H groups in total. The van der Waals surface area contributed by atoms with Gasteiger partial charge in [0.25, 0.3) is 5.91 Å². The van der Waals surface area contributed by atoms with Gasteiger partial charge in [0.15, 0.2) is 0 Å². The minimum atomic E-state index is -1.14. The van der Waals surface area contributed by atoms with Gasteiger partial charge in [0.2, 0.25) is 5.91 Å². The largest absolute Gasteiger partial charge is 0.480 e. The lowest BCUT2D eigenvalue weighted by atomic mass is 9.76. The summed E-state index contributed by atoms with van der Waals surface area (Å²) in [5.74, 6) is -2.05. The number of benzene rings is 1. The number of rotatable bonds is 4. The lowest BCUT2D eigenvalue weighted by molar-refractivity contribution is -0.148. The SMILES string of the molecule is NC(=O)c1ccc(C(=O)NC2(C(=O)O)CCC2)cc1. The topological polar surface area (TPSA) is 109 Å². The monoisotopic (exact) mass is 262 g/mol. The molecule has 0 radical (unpaired) electrons. The van der Waals surface area contributed by atoms with Crippen LogP contribution >= 0.6 is 0 Å². The lowest BCUT2D eigenvalue weighted by Gasteiger charge is -2.38. The van der Waals surface area contributed by atoms with E-state index in [2.05, 4.69) is 5.32 Å². The second kappa shape index (κ2) is 4.72. The van der Waals surface area contributed by atoms with Crippen LogP contribution in [0, 0.1) is 0 Å². The number of carboxylic acid groups (broad SMARTS) is 1. The molecule has 2 amide bonds. The van der Waals surface area contributed by atoms with Gasteiger partial charge in [0.05, 0.1) is 0 Å². The maximum absolute atomic E-state index is 11.9. The Hall–Kier alpha value is -2.37. The summed E-state index contributed by atoms with van der Waals surface area (Å²) in [4.78, 5) is 34.0. The van der Waals surface area contributed by atoms with Crippen molar-refractivity contribution in [3.63, 3.8) is 0 Å². The van der Waals surface area contributed by atoms with Crippen LogP contribution in [-0.2, 0) is 4.79 Å². The Morgan fingerprint density at radius 2 is 1.63 bits per heavy atom. The number of nitrogens with two attached hydrogens (primary N) is 1. The van der Waals surface area contributed by atoms with Crippen molar-refractivity contribution in [2.75, 3.05) is 0 Å². The Balaban J connectivity index is 2.12. The number of amides is 2. The third-order valence-corrected chi connectivity index (χ3v) is 3.40. The van der Waals surface area contributed by atoms with Crippen molar-refractivity contribution in [1.82, 2.24) is 5.32 Å². The lowest BCUT2D eigenvalue weighted by Crippen LogP contribution is -2.59. The first-order chi connectivity index (χ1) is 8.94. The molecule has 6 heteroatoms. The van der Waals surface area contributed by atoms with E-state index < -0.39 is 23.3 Å². The van der Waals surface area contributed by atoms with Crippen LogP contribution < -0.4 is 11.1 Å². The van der Waals surface area contributed by atoms with Crippen LogP contribution in [0.2, 0.25) is 0 Å². The molecule has 0 atom stereocenters. The second-order valence-electron chi connectivity index (χ2n) is 4.64. The fourth-order valence-corrected chi connectivity index (χ4v) is 2.00. The van der Waals surface area contributed by atoms with E-state index >= 15 is 0 Å². The van der Waals surface area contributed by atoms with Gasteiger partial charge in [-0.15, -0.1) is 0 Å². The van der Waals surface area contributed by atoms with Crippen LogP contribution in [0.4, 0.5) is 0 Å². The van der Waals surface area contributed by atoms with Crippen LogP contribution in [0.1, 0.15) is 40.0 Å².